The maximum atomic E-state index is 12.1. The van der Waals surface area contributed by atoms with Crippen LogP contribution in [0.4, 0.5) is 5.69 Å². The highest BCUT2D eigenvalue weighted by Gasteiger charge is 2.24. The third-order valence-electron chi connectivity index (χ3n) is 3.17. The predicted molar refractivity (Wildman–Crippen MR) is 73.8 cm³/mol. The minimum absolute atomic E-state index is 0.160. The van der Waals surface area contributed by atoms with E-state index < -0.39 is 10.8 Å². The number of aromatic amines is 1. The second-order valence-corrected chi connectivity index (χ2v) is 4.61. The Labute approximate surface area is 120 Å². The molecule has 2 aromatic rings. The molecule has 0 spiro atoms. The van der Waals surface area contributed by atoms with Gasteiger partial charge in [-0.3, -0.25) is 24.7 Å². The van der Waals surface area contributed by atoms with E-state index in [2.05, 4.69) is 20.6 Å². The molecule has 0 aliphatic carbocycles. The van der Waals surface area contributed by atoms with Crippen LogP contribution < -0.4 is 5.32 Å². The summed E-state index contributed by atoms with van der Waals surface area (Å²) in [6.07, 6.45) is 2.86. The Hall–Kier alpha value is -2.71. The maximum absolute atomic E-state index is 12.1. The van der Waals surface area contributed by atoms with E-state index in [9.17, 15) is 14.9 Å². The predicted octanol–water partition coefficient (Wildman–Crippen LogP) is 1.33. The minimum Gasteiger partial charge on any atom is -0.344 e. The SMILES string of the molecule is CCn1cc(C(C)NC(=O)c2[nH]ncc2[N+](=O)[O-])c(C)n1. The molecule has 1 atom stereocenters. The number of rotatable bonds is 5. The number of carbonyl (C=O) groups is 1. The van der Waals surface area contributed by atoms with Crippen LogP contribution in [0.25, 0.3) is 0 Å². The van der Waals surface area contributed by atoms with Gasteiger partial charge in [-0.25, -0.2) is 0 Å². The molecular weight excluding hydrogens is 276 g/mol. The number of carbonyl (C=O) groups excluding carboxylic acids is 1. The number of amides is 1. The van der Waals surface area contributed by atoms with Gasteiger partial charge in [0.1, 0.15) is 6.20 Å². The molecule has 9 nitrogen and oxygen atoms in total. The van der Waals surface area contributed by atoms with Crippen molar-refractivity contribution in [2.45, 2.75) is 33.4 Å². The van der Waals surface area contributed by atoms with Gasteiger partial charge in [0.25, 0.3) is 5.91 Å². The first-order chi connectivity index (χ1) is 9.93. The van der Waals surface area contributed by atoms with Gasteiger partial charge in [-0.1, -0.05) is 0 Å². The minimum atomic E-state index is -0.649. The molecule has 0 saturated carbocycles. The van der Waals surface area contributed by atoms with Crippen molar-refractivity contribution in [3.05, 3.63) is 39.5 Å². The number of hydrogen-bond acceptors (Lipinski definition) is 5. The number of nitro groups is 1. The van der Waals surface area contributed by atoms with Crippen LogP contribution in [-0.4, -0.2) is 30.8 Å². The van der Waals surface area contributed by atoms with E-state index in [-0.39, 0.29) is 17.4 Å². The van der Waals surface area contributed by atoms with Crippen molar-refractivity contribution in [2.24, 2.45) is 0 Å². The fourth-order valence-corrected chi connectivity index (χ4v) is 2.05. The molecule has 2 rings (SSSR count). The molecule has 0 radical (unpaired) electrons. The van der Waals surface area contributed by atoms with Gasteiger partial charge in [0.2, 0.25) is 5.69 Å². The Morgan fingerprint density at radius 2 is 2.33 bits per heavy atom. The summed E-state index contributed by atoms with van der Waals surface area (Å²) in [5.74, 6) is -0.574. The Kier molecular flexibility index (Phi) is 4.01. The van der Waals surface area contributed by atoms with E-state index in [0.717, 1.165) is 24.0 Å². The Morgan fingerprint density at radius 3 is 2.90 bits per heavy atom. The van der Waals surface area contributed by atoms with Crippen LogP contribution >= 0.6 is 0 Å². The van der Waals surface area contributed by atoms with E-state index in [1.165, 1.54) is 0 Å². The zero-order chi connectivity index (χ0) is 15.6. The largest absolute Gasteiger partial charge is 0.344 e. The topological polar surface area (TPSA) is 119 Å². The summed E-state index contributed by atoms with van der Waals surface area (Å²) >= 11 is 0. The lowest BCUT2D eigenvalue weighted by Gasteiger charge is -2.12. The third kappa shape index (κ3) is 2.91. The van der Waals surface area contributed by atoms with Crippen LogP contribution in [0, 0.1) is 17.0 Å². The van der Waals surface area contributed by atoms with Crippen LogP contribution in [0.15, 0.2) is 12.4 Å². The van der Waals surface area contributed by atoms with Gasteiger partial charge in [0.15, 0.2) is 0 Å². The molecule has 0 bridgehead atoms. The first kappa shape index (κ1) is 14.7. The van der Waals surface area contributed by atoms with Crippen LogP contribution in [0.1, 0.15) is 41.6 Å². The van der Waals surface area contributed by atoms with Crippen molar-refractivity contribution in [3.8, 4) is 0 Å². The molecular formula is C12H16N6O3. The molecule has 0 aliphatic rings. The maximum Gasteiger partial charge on any atom is 0.319 e. The van der Waals surface area contributed by atoms with E-state index in [4.69, 9.17) is 0 Å². The van der Waals surface area contributed by atoms with Crippen molar-refractivity contribution >= 4 is 11.6 Å². The second-order valence-electron chi connectivity index (χ2n) is 4.61. The smallest absolute Gasteiger partial charge is 0.319 e. The molecule has 0 aromatic carbocycles. The molecule has 112 valence electrons. The van der Waals surface area contributed by atoms with Crippen LogP contribution in [-0.2, 0) is 6.54 Å². The molecule has 1 unspecified atom stereocenters. The molecule has 0 saturated heterocycles. The lowest BCUT2D eigenvalue weighted by Crippen LogP contribution is -2.27. The van der Waals surface area contributed by atoms with Crippen LogP contribution in [0.2, 0.25) is 0 Å². The van der Waals surface area contributed by atoms with Gasteiger partial charge in [-0.2, -0.15) is 10.2 Å². The van der Waals surface area contributed by atoms with E-state index >= 15 is 0 Å². The molecule has 0 aliphatic heterocycles. The second kappa shape index (κ2) is 5.73. The van der Waals surface area contributed by atoms with Gasteiger partial charge in [0.05, 0.1) is 16.7 Å². The first-order valence-corrected chi connectivity index (χ1v) is 6.46. The van der Waals surface area contributed by atoms with Crippen LogP contribution in [0.5, 0.6) is 0 Å². The lowest BCUT2D eigenvalue weighted by atomic mass is 10.1. The molecule has 0 fully saturated rings. The fraction of sp³-hybridized carbons (Fsp3) is 0.417. The Bertz CT molecular complexity index is 674. The van der Waals surface area contributed by atoms with Crippen molar-refractivity contribution < 1.29 is 9.72 Å². The Balaban J connectivity index is 2.17. The molecule has 2 heterocycles. The fourth-order valence-electron chi connectivity index (χ4n) is 2.05. The quantitative estimate of drug-likeness (QED) is 0.636. The summed E-state index contributed by atoms with van der Waals surface area (Å²) in [4.78, 5) is 22.2. The van der Waals surface area contributed by atoms with Gasteiger partial charge < -0.3 is 5.32 Å². The average Bonchev–Trinajstić information content (AvgIpc) is 3.04. The zero-order valence-corrected chi connectivity index (χ0v) is 12.0. The van der Waals surface area contributed by atoms with Gasteiger partial charge in [-0.05, 0) is 20.8 Å². The van der Waals surface area contributed by atoms with E-state index in [1.54, 1.807) is 11.6 Å². The van der Waals surface area contributed by atoms with Gasteiger partial charge in [-0.15, -0.1) is 0 Å². The summed E-state index contributed by atoms with van der Waals surface area (Å²) < 4.78 is 1.77. The molecule has 21 heavy (non-hydrogen) atoms. The molecule has 2 aromatic heterocycles. The summed E-state index contributed by atoms with van der Waals surface area (Å²) in [5.41, 5.74) is 1.17. The molecule has 9 heteroatoms. The standard InChI is InChI=1S/C12H16N6O3/c1-4-17-6-9(8(3)16-17)7(2)14-12(19)11-10(18(20)21)5-13-15-11/h5-7H,4H2,1-3H3,(H,13,15)(H,14,19). The number of nitrogens with one attached hydrogen (secondary N) is 2. The summed E-state index contributed by atoms with van der Waals surface area (Å²) in [6.45, 7) is 6.34. The highest BCUT2D eigenvalue weighted by Crippen LogP contribution is 2.19. The zero-order valence-electron chi connectivity index (χ0n) is 12.0. The number of aromatic nitrogens is 4. The highest BCUT2D eigenvalue weighted by atomic mass is 16.6. The van der Waals surface area contributed by atoms with Crippen molar-refractivity contribution in [2.75, 3.05) is 0 Å². The van der Waals surface area contributed by atoms with Gasteiger partial charge in [0, 0.05) is 18.3 Å². The molecule has 2 N–H and O–H groups in total. The Morgan fingerprint density at radius 1 is 1.62 bits per heavy atom. The van der Waals surface area contributed by atoms with E-state index in [1.807, 2.05) is 20.0 Å². The summed E-state index contributed by atoms with van der Waals surface area (Å²) in [5, 5.41) is 23.7. The number of nitrogens with zero attached hydrogens (tertiary/aromatic N) is 4. The van der Waals surface area contributed by atoms with Crippen molar-refractivity contribution in [3.63, 3.8) is 0 Å². The first-order valence-electron chi connectivity index (χ1n) is 6.46. The average molecular weight is 292 g/mol. The highest BCUT2D eigenvalue weighted by molar-refractivity contribution is 5.96. The van der Waals surface area contributed by atoms with Gasteiger partial charge >= 0.3 is 5.69 Å². The van der Waals surface area contributed by atoms with E-state index in [0.29, 0.717) is 0 Å². The number of H-pyrrole nitrogens is 1. The summed E-state index contributed by atoms with van der Waals surface area (Å²) in [6, 6.07) is -0.319. The summed E-state index contributed by atoms with van der Waals surface area (Å²) in [7, 11) is 0. The third-order valence-corrected chi connectivity index (χ3v) is 3.17. The van der Waals surface area contributed by atoms with Crippen molar-refractivity contribution in [1.82, 2.24) is 25.3 Å². The van der Waals surface area contributed by atoms with Crippen molar-refractivity contribution in [1.29, 1.82) is 0 Å². The lowest BCUT2D eigenvalue weighted by molar-refractivity contribution is -0.385. The van der Waals surface area contributed by atoms with Crippen LogP contribution in [0.3, 0.4) is 0 Å². The molecule has 1 amide bonds. The normalized spacial score (nSPS) is 12.1. The number of hydrogen-bond donors (Lipinski definition) is 2. The monoisotopic (exact) mass is 292 g/mol. The number of aryl methyl sites for hydroxylation is 2.